The first kappa shape index (κ1) is 10.2. The maximum Gasteiger partial charge on any atom is 0.404 e. The predicted octanol–water partition coefficient (Wildman–Crippen LogP) is 2.72. The van der Waals surface area contributed by atoms with Crippen LogP contribution in [0.15, 0.2) is 17.6 Å². The highest BCUT2D eigenvalue weighted by atomic mass is 35.5. The zero-order valence-corrected chi connectivity index (χ0v) is 9.10. The minimum Gasteiger partial charge on any atom is -0.465 e. The molecule has 0 spiro atoms. The van der Waals surface area contributed by atoms with Gasteiger partial charge in [-0.05, 0) is 11.6 Å². The molecule has 0 fully saturated rings. The molecule has 0 aromatic carbocycles. The van der Waals surface area contributed by atoms with Gasteiger partial charge in [-0.2, -0.15) is 0 Å². The molecule has 6 heteroatoms. The molecule has 0 aliphatic carbocycles. The van der Waals surface area contributed by atoms with Crippen LogP contribution >= 0.6 is 22.9 Å². The lowest BCUT2D eigenvalue weighted by Gasteiger charge is -2.00. The van der Waals surface area contributed by atoms with E-state index < -0.39 is 6.09 Å². The molecule has 2 N–H and O–H groups in total. The summed E-state index contributed by atoms with van der Waals surface area (Å²) in [6.45, 7) is 0.241. The molecular formula is C9H7ClN2O2S. The Morgan fingerprint density at radius 3 is 3.20 bits per heavy atom. The van der Waals surface area contributed by atoms with Crippen molar-refractivity contribution in [3.05, 3.63) is 28.2 Å². The third-order valence-electron chi connectivity index (χ3n) is 1.88. The number of hydrogen-bond donors (Lipinski definition) is 2. The Bertz CT molecular complexity index is 512. The van der Waals surface area contributed by atoms with Crippen LogP contribution in [-0.2, 0) is 6.54 Å². The van der Waals surface area contributed by atoms with E-state index >= 15 is 0 Å². The molecule has 0 radical (unpaired) electrons. The largest absolute Gasteiger partial charge is 0.465 e. The van der Waals surface area contributed by atoms with Crippen molar-refractivity contribution in [1.82, 2.24) is 10.3 Å². The number of aromatic nitrogens is 1. The van der Waals surface area contributed by atoms with Crippen molar-refractivity contribution in [3.8, 4) is 0 Å². The SMILES string of the molecule is O=C(O)NCc1cnc2scc(Cl)c2c1. The average molecular weight is 243 g/mol. The lowest BCUT2D eigenvalue weighted by atomic mass is 10.2. The summed E-state index contributed by atoms with van der Waals surface area (Å²) < 4.78 is 0. The van der Waals surface area contributed by atoms with Crippen LogP contribution in [0.1, 0.15) is 5.56 Å². The van der Waals surface area contributed by atoms with Crippen molar-refractivity contribution in [2.75, 3.05) is 0 Å². The van der Waals surface area contributed by atoms with E-state index in [-0.39, 0.29) is 6.54 Å². The van der Waals surface area contributed by atoms with Crippen LogP contribution in [0.4, 0.5) is 4.79 Å². The Morgan fingerprint density at radius 2 is 2.47 bits per heavy atom. The molecule has 15 heavy (non-hydrogen) atoms. The Labute approximate surface area is 94.5 Å². The fourth-order valence-corrected chi connectivity index (χ4v) is 2.29. The molecule has 0 saturated heterocycles. The number of carboxylic acid groups (broad SMARTS) is 1. The quantitative estimate of drug-likeness (QED) is 0.851. The number of rotatable bonds is 2. The maximum atomic E-state index is 10.3. The summed E-state index contributed by atoms with van der Waals surface area (Å²) in [6, 6.07) is 1.84. The molecule has 4 nitrogen and oxygen atoms in total. The minimum absolute atomic E-state index is 0.241. The van der Waals surface area contributed by atoms with Crippen LogP contribution in [0.3, 0.4) is 0 Å². The Morgan fingerprint density at radius 1 is 1.67 bits per heavy atom. The molecule has 0 aliphatic rings. The van der Waals surface area contributed by atoms with Gasteiger partial charge in [0.2, 0.25) is 0 Å². The molecule has 0 unspecified atom stereocenters. The van der Waals surface area contributed by atoms with Crippen molar-refractivity contribution in [1.29, 1.82) is 0 Å². The third kappa shape index (κ3) is 2.19. The van der Waals surface area contributed by atoms with E-state index in [9.17, 15) is 4.79 Å². The van der Waals surface area contributed by atoms with Crippen LogP contribution in [0.25, 0.3) is 10.2 Å². The molecule has 2 aromatic heterocycles. The van der Waals surface area contributed by atoms with E-state index in [1.807, 2.05) is 11.4 Å². The van der Waals surface area contributed by atoms with E-state index in [4.69, 9.17) is 16.7 Å². The molecule has 1 amide bonds. The van der Waals surface area contributed by atoms with E-state index in [0.29, 0.717) is 5.02 Å². The van der Waals surface area contributed by atoms with Crippen LogP contribution in [0, 0.1) is 0 Å². The van der Waals surface area contributed by atoms with Gasteiger partial charge < -0.3 is 10.4 Å². The summed E-state index contributed by atoms with van der Waals surface area (Å²) in [6.07, 6.45) is 0.594. The van der Waals surface area contributed by atoms with Gasteiger partial charge >= 0.3 is 6.09 Å². The third-order valence-corrected chi connectivity index (χ3v) is 3.23. The lowest BCUT2D eigenvalue weighted by Crippen LogP contribution is -2.19. The van der Waals surface area contributed by atoms with Crippen molar-refractivity contribution in [2.45, 2.75) is 6.54 Å². The molecule has 0 atom stereocenters. The minimum atomic E-state index is -1.05. The van der Waals surface area contributed by atoms with Crippen LogP contribution in [0.5, 0.6) is 0 Å². The van der Waals surface area contributed by atoms with Crippen LogP contribution in [-0.4, -0.2) is 16.2 Å². The normalized spacial score (nSPS) is 10.5. The van der Waals surface area contributed by atoms with Crippen LogP contribution < -0.4 is 5.32 Å². The number of hydrogen-bond acceptors (Lipinski definition) is 3. The van der Waals surface area contributed by atoms with Gasteiger partial charge in [0, 0.05) is 23.5 Å². The van der Waals surface area contributed by atoms with E-state index in [0.717, 1.165) is 15.8 Å². The highest BCUT2D eigenvalue weighted by molar-refractivity contribution is 7.17. The zero-order valence-electron chi connectivity index (χ0n) is 7.53. The summed E-state index contributed by atoms with van der Waals surface area (Å²) in [5, 5.41) is 14.1. The smallest absolute Gasteiger partial charge is 0.404 e. The van der Waals surface area contributed by atoms with Gasteiger partial charge in [-0.1, -0.05) is 11.6 Å². The number of thiophene rings is 1. The highest BCUT2D eigenvalue weighted by Crippen LogP contribution is 2.28. The van der Waals surface area contributed by atoms with Gasteiger partial charge in [0.25, 0.3) is 0 Å². The number of halogens is 1. The molecule has 2 aromatic rings. The number of nitrogens with zero attached hydrogens (tertiary/aromatic N) is 1. The fraction of sp³-hybridized carbons (Fsp3) is 0.111. The zero-order chi connectivity index (χ0) is 10.8. The number of pyridine rings is 1. The van der Waals surface area contributed by atoms with Gasteiger partial charge in [0.05, 0.1) is 5.02 Å². The maximum absolute atomic E-state index is 10.3. The van der Waals surface area contributed by atoms with Crippen molar-refractivity contribution in [2.24, 2.45) is 0 Å². The molecular weight excluding hydrogens is 236 g/mol. The highest BCUT2D eigenvalue weighted by Gasteiger charge is 2.04. The van der Waals surface area contributed by atoms with Gasteiger partial charge in [0.15, 0.2) is 0 Å². The van der Waals surface area contributed by atoms with Crippen molar-refractivity contribution < 1.29 is 9.90 Å². The van der Waals surface area contributed by atoms with Crippen molar-refractivity contribution >= 4 is 39.2 Å². The molecule has 0 bridgehead atoms. The van der Waals surface area contributed by atoms with E-state index in [1.165, 1.54) is 11.3 Å². The van der Waals surface area contributed by atoms with Gasteiger partial charge in [-0.3, -0.25) is 0 Å². The Hall–Kier alpha value is -1.33. The summed E-state index contributed by atoms with van der Waals surface area (Å²) in [7, 11) is 0. The monoisotopic (exact) mass is 242 g/mol. The topological polar surface area (TPSA) is 62.2 Å². The summed E-state index contributed by atoms with van der Waals surface area (Å²) in [4.78, 5) is 15.3. The number of nitrogens with one attached hydrogen (secondary N) is 1. The first-order valence-corrected chi connectivity index (χ1v) is 5.41. The predicted molar refractivity (Wildman–Crippen MR) is 59.5 cm³/mol. The number of amides is 1. The second-order valence-electron chi connectivity index (χ2n) is 2.94. The van der Waals surface area contributed by atoms with E-state index in [1.54, 1.807) is 6.20 Å². The lowest BCUT2D eigenvalue weighted by molar-refractivity contribution is 0.194. The molecule has 0 saturated carbocycles. The fourth-order valence-electron chi connectivity index (χ4n) is 1.21. The van der Waals surface area contributed by atoms with Crippen LogP contribution in [0.2, 0.25) is 5.02 Å². The molecule has 78 valence electrons. The first-order valence-electron chi connectivity index (χ1n) is 4.15. The Balaban J connectivity index is 2.29. The van der Waals surface area contributed by atoms with Gasteiger partial charge in [0.1, 0.15) is 4.83 Å². The summed E-state index contributed by atoms with van der Waals surface area (Å²) >= 11 is 7.41. The second-order valence-corrected chi connectivity index (χ2v) is 4.20. The number of fused-ring (bicyclic) bond motifs is 1. The van der Waals surface area contributed by atoms with Crippen molar-refractivity contribution in [3.63, 3.8) is 0 Å². The van der Waals surface area contributed by atoms with E-state index in [2.05, 4.69) is 10.3 Å². The van der Waals surface area contributed by atoms with Gasteiger partial charge in [-0.15, -0.1) is 11.3 Å². The Kier molecular flexibility index (Phi) is 2.75. The second kappa shape index (κ2) is 4.04. The average Bonchev–Trinajstić information content (AvgIpc) is 2.57. The molecule has 2 rings (SSSR count). The summed E-state index contributed by atoms with van der Waals surface area (Å²) in [5.74, 6) is 0. The summed E-state index contributed by atoms with van der Waals surface area (Å²) in [5.41, 5.74) is 0.796. The first-order chi connectivity index (χ1) is 7.16. The standard InChI is InChI=1S/C9H7ClN2O2S/c10-7-4-15-8-6(7)1-5(2-11-8)3-12-9(13)14/h1-2,4,12H,3H2,(H,13,14). The number of carbonyl (C=O) groups is 1. The molecule has 0 aliphatic heterocycles. The molecule has 2 heterocycles. The van der Waals surface area contributed by atoms with Gasteiger partial charge in [-0.25, -0.2) is 9.78 Å².